The van der Waals surface area contributed by atoms with Crippen LogP contribution in [0.1, 0.15) is 39.2 Å². The van der Waals surface area contributed by atoms with Crippen LogP contribution in [0.4, 0.5) is 4.39 Å². The summed E-state index contributed by atoms with van der Waals surface area (Å²) in [7, 11) is 0. The van der Waals surface area contributed by atoms with E-state index in [4.69, 9.17) is 4.74 Å². The number of hydrogen-bond donors (Lipinski definition) is 1. The zero-order chi connectivity index (χ0) is 23.2. The average molecular weight is 466 g/mol. The number of carboxylic acids is 1. The van der Waals surface area contributed by atoms with E-state index in [1.54, 1.807) is 35.3 Å². The monoisotopic (exact) mass is 465 g/mol. The number of carboxylic acid groups (broad SMARTS) is 1. The molecule has 0 bridgehead atoms. The van der Waals surface area contributed by atoms with Gasteiger partial charge in [-0.15, -0.1) is 11.3 Å². The molecule has 1 amide bonds. The molecule has 0 saturated carbocycles. The van der Waals surface area contributed by atoms with E-state index in [9.17, 15) is 19.1 Å². The third-order valence-corrected chi connectivity index (χ3v) is 7.90. The minimum absolute atomic E-state index is 0.00178. The van der Waals surface area contributed by atoms with E-state index in [1.165, 1.54) is 12.1 Å². The zero-order valence-electron chi connectivity index (χ0n) is 18.2. The number of aliphatic carboxylic acids is 1. The molecular weight excluding hydrogens is 441 g/mol. The predicted molar refractivity (Wildman–Crippen MR) is 124 cm³/mol. The molecule has 1 aromatic heterocycles. The van der Waals surface area contributed by atoms with E-state index in [0.717, 1.165) is 20.9 Å². The largest absolute Gasteiger partial charge is 0.481 e. The molecule has 2 atom stereocenters. The van der Waals surface area contributed by atoms with Gasteiger partial charge in [-0.05, 0) is 60.4 Å². The van der Waals surface area contributed by atoms with E-state index >= 15 is 0 Å². The van der Waals surface area contributed by atoms with Crippen molar-refractivity contribution in [1.82, 2.24) is 4.90 Å². The number of amides is 1. The Morgan fingerprint density at radius 1 is 1.12 bits per heavy atom. The summed E-state index contributed by atoms with van der Waals surface area (Å²) in [5, 5.41) is 10.0. The number of morpholine rings is 1. The molecule has 7 heteroatoms. The quantitative estimate of drug-likeness (QED) is 0.601. The number of carbonyl (C=O) groups is 2. The molecule has 1 aliphatic heterocycles. The molecule has 170 valence electrons. The molecule has 0 unspecified atom stereocenters. The predicted octanol–water partition coefficient (Wildman–Crippen LogP) is 4.81. The first kappa shape index (κ1) is 21.8. The number of thiophene rings is 1. The van der Waals surface area contributed by atoms with Crippen molar-refractivity contribution >= 4 is 23.2 Å². The van der Waals surface area contributed by atoms with Crippen LogP contribution in [0.2, 0.25) is 0 Å². The normalized spacial score (nSPS) is 22.2. The molecule has 33 heavy (non-hydrogen) atoms. The van der Waals surface area contributed by atoms with Crippen molar-refractivity contribution in [3.05, 3.63) is 82.0 Å². The van der Waals surface area contributed by atoms with Crippen LogP contribution in [-0.4, -0.2) is 48.2 Å². The van der Waals surface area contributed by atoms with Gasteiger partial charge in [0.1, 0.15) is 5.82 Å². The van der Waals surface area contributed by atoms with Crippen molar-refractivity contribution in [3.63, 3.8) is 0 Å². The van der Waals surface area contributed by atoms with E-state index in [0.29, 0.717) is 43.9 Å². The van der Waals surface area contributed by atoms with Gasteiger partial charge in [-0.2, -0.15) is 0 Å². The fourth-order valence-electron chi connectivity index (χ4n) is 4.91. The Morgan fingerprint density at radius 2 is 1.85 bits per heavy atom. The van der Waals surface area contributed by atoms with Gasteiger partial charge in [-0.3, -0.25) is 9.59 Å². The van der Waals surface area contributed by atoms with Crippen molar-refractivity contribution in [2.24, 2.45) is 5.41 Å². The van der Waals surface area contributed by atoms with Gasteiger partial charge in [0.2, 0.25) is 0 Å². The molecule has 5 nitrogen and oxygen atoms in total. The first-order chi connectivity index (χ1) is 15.9. The molecule has 0 spiro atoms. The number of halogens is 1. The number of benzene rings is 2. The summed E-state index contributed by atoms with van der Waals surface area (Å²) in [6, 6.07) is 15.8. The number of ether oxygens (including phenoxy) is 1. The van der Waals surface area contributed by atoms with Gasteiger partial charge in [-0.1, -0.05) is 24.3 Å². The van der Waals surface area contributed by atoms with Gasteiger partial charge in [0.05, 0.1) is 18.6 Å². The summed E-state index contributed by atoms with van der Waals surface area (Å²) < 4.78 is 19.3. The Morgan fingerprint density at radius 3 is 2.52 bits per heavy atom. The Labute approximate surface area is 195 Å². The van der Waals surface area contributed by atoms with E-state index in [-0.39, 0.29) is 11.7 Å². The Kier molecular flexibility index (Phi) is 5.54. The highest BCUT2D eigenvalue weighted by Crippen LogP contribution is 2.54. The summed E-state index contributed by atoms with van der Waals surface area (Å²) >= 11 is 1.57. The number of hydrogen-bond acceptors (Lipinski definition) is 4. The van der Waals surface area contributed by atoms with Crippen molar-refractivity contribution in [3.8, 4) is 10.4 Å². The smallest absolute Gasteiger partial charge is 0.310 e. The molecule has 2 aliphatic rings. The molecule has 1 N–H and O–H groups in total. The van der Waals surface area contributed by atoms with Gasteiger partial charge in [0, 0.05) is 34.3 Å². The summed E-state index contributed by atoms with van der Waals surface area (Å²) in [5.41, 5.74) is 2.21. The van der Waals surface area contributed by atoms with Crippen LogP contribution in [0, 0.1) is 11.2 Å². The minimum Gasteiger partial charge on any atom is -0.481 e. The van der Waals surface area contributed by atoms with Crippen molar-refractivity contribution in [2.45, 2.75) is 19.3 Å². The van der Waals surface area contributed by atoms with Crippen LogP contribution in [0.25, 0.3) is 10.4 Å². The number of fused-ring (bicyclic) bond motifs is 1. The van der Waals surface area contributed by atoms with Crippen molar-refractivity contribution in [2.75, 3.05) is 26.3 Å². The second-order valence-corrected chi connectivity index (χ2v) is 10.00. The van der Waals surface area contributed by atoms with E-state index in [2.05, 4.69) is 0 Å². The Hall–Kier alpha value is -3.03. The lowest BCUT2D eigenvalue weighted by Crippen LogP contribution is -2.40. The third kappa shape index (κ3) is 3.85. The van der Waals surface area contributed by atoms with Crippen LogP contribution in [0.3, 0.4) is 0 Å². The van der Waals surface area contributed by atoms with Crippen molar-refractivity contribution < 1.29 is 23.8 Å². The van der Waals surface area contributed by atoms with Gasteiger partial charge in [0.15, 0.2) is 0 Å². The lowest BCUT2D eigenvalue weighted by molar-refractivity contribution is -0.148. The number of rotatable bonds is 4. The SMILES string of the molecule is C[C@]1(C(=O)O)Cc2sc(-c3ccc(C(=O)N4CCOCC4)cc3)cc2[C@H]1c1cccc(F)c1. The fourth-order valence-corrected chi connectivity index (χ4v) is 6.28. The average Bonchev–Trinajstić information content (AvgIpc) is 3.34. The van der Waals surface area contributed by atoms with Crippen LogP contribution < -0.4 is 0 Å². The number of nitrogens with zero attached hydrogens (tertiary/aromatic N) is 1. The summed E-state index contributed by atoms with van der Waals surface area (Å²) in [6.45, 7) is 4.06. The van der Waals surface area contributed by atoms with Crippen LogP contribution in [-0.2, 0) is 16.0 Å². The van der Waals surface area contributed by atoms with Gasteiger partial charge >= 0.3 is 5.97 Å². The zero-order valence-corrected chi connectivity index (χ0v) is 19.0. The first-order valence-electron chi connectivity index (χ1n) is 11.0. The summed E-state index contributed by atoms with van der Waals surface area (Å²) in [6.07, 6.45) is 0.400. The second kappa shape index (κ2) is 8.39. The first-order valence-corrected chi connectivity index (χ1v) is 11.8. The molecule has 1 aliphatic carbocycles. The standard InChI is InChI=1S/C26H24FNO4S/c1-26(25(30)31)15-22-20(23(26)18-3-2-4-19(27)13-18)14-21(33-22)16-5-7-17(8-6-16)24(29)28-9-11-32-12-10-28/h2-8,13-14,23H,9-12,15H2,1H3,(H,30,31)/t23-,26+/m1/s1. The Bertz CT molecular complexity index is 1220. The molecule has 5 rings (SSSR count). The van der Waals surface area contributed by atoms with E-state index < -0.39 is 17.3 Å². The van der Waals surface area contributed by atoms with Crippen LogP contribution in [0.15, 0.2) is 54.6 Å². The highest BCUT2D eigenvalue weighted by Gasteiger charge is 2.50. The lowest BCUT2D eigenvalue weighted by atomic mass is 9.74. The Balaban J connectivity index is 1.45. The summed E-state index contributed by atoms with van der Waals surface area (Å²) in [5.74, 6) is -1.67. The highest BCUT2D eigenvalue weighted by atomic mass is 32.1. The van der Waals surface area contributed by atoms with Gasteiger partial charge in [-0.25, -0.2) is 4.39 Å². The minimum atomic E-state index is -1.03. The lowest BCUT2D eigenvalue weighted by Gasteiger charge is -2.28. The van der Waals surface area contributed by atoms with Crippen LogP contribution in [0.5, 0.6) is 0 Å². The number of carbonyl (C=O) groups excluding carboxylic acids is 1. The van der Waals surface area contributed by atoms with Crippen molar-refractivity contribution in [1.29, 1.82) is 0 Å². The molecule has 2 heterocycles. The maximum atomic E-state index is 14.0. The molecule has 1 saturated heterocycles. The highest BCUT2D eigenvalue weighted by molar-refractivity contribution is 7.15. The van der Waals surface area contributed by atoms with Crippen LogP contribution >= 0.6 is 11.3 Å². The van der Waals surface area contributed by atoms with E-state index in [1.807, 2.05) is 30.3 Å². The topological polar surface area (TPSA) is 66.8 Å². The van der Waals surface area contributed by atoms with Gasteiger partial charge < -0.3 is 14.7 Å². The molecule has 2 aromatic carbocycles. The molecule has 1 fully saturated rings. The maximum absolute atomic E-state index is 14.0. The third-order valence-electron chi connectivity index (χ3n) is 6.70. The second-order valence-electron chi connectivity index (χ2n) is 8.86. The molecule has 3 aromatic rings. The fraction of sp³-hybridized carbons (Fsp3) is 0.308. The summed E-state index contributed by atoms with van der Waals surface area (Å²) in [4.78, 5) is 28.7. The molecular formula is C26H24FNO4S. The molecule has 0 radical (unpaired) electrons. The maximum Gasteiger partial charge on any atom is 0.310 e. The van der Waals surface area contributed by atoms with Gasteiger partial charge in [0.25, 0.3) is 5.91 Å².